The molecular formula is C25H29N7O2. The maximum atomic E-state index is 13.0. The van der Waals surface area contributed by atoms with Gasteiger partial charge in [0, 0.05) is 51.2 Å². The van der Waals surface area contributed by atoms with Gasteiger partial charge in [0.15, 0.2) is 5.82 Å². The molecule has 0 spiro atoms. The van der Waals surface area contributed by atoms with Crippen molar-refractivity contribution in [3.05, 3.63) is 65.0 Å². The van der Waals surface area contributed by atoms with Crippen LogP contribution in [0.5, 0.6) is 0 Å². The topological polar surface area (TPSA) is 99.2 Å². The molecule has 4 heterocycles. The molecule has 1 aliphatic rings. The van der Waals surface area contributed by atoms with Gasteiger partial charge in [0.05, 0.1) is 5.69 Å². The number of methoxy groups -OCH3 is 1. The van der Waals surface area contributed by atoms with Gasteiger partial charge in [-0.2, -0.15) is 5.10 Å². The van der Waals surface area contributed by atoms with Crippen LogP contribution in [-0.2, 0) is 30.7 Å². The Morgan fingerprint density at radius 1 is 1.24 bits per heavy atom. The summed E-state index contributed by atoms with van der Waals surface area (Å²) in [4.78, 5) is 26.6. The van der Waals surface area contributed by atoms with Crippen LogP contribution in [0.15, 0.2) is 36.7 Å². The van der Waals surface area contributed by atoms with E-state index in [-0.39, 0.29) is 5.91 Å². The van der Waals surface area contributed by atoms with Crippen LogP contribution in [0.4, 0.5) is 0 Å². The zero-order chi connectivity index (χ0) is 23.7. The second-order valence-corrected chi connectivity index (χ2v) is 8.83. The number of carbonyl (C=O) groups excluding carboxylic acids is 1. The summed E-state index contributed by atoms with van der Waals surface area (Å²) in [5.41, 5.74) is 4.23. The highest BCUT2D eigenvalue weighted by atomic mass is 16.5. The lowest BCUT2D eigenvalue weighted by atomic mass is 9.99. The monoisotopic (exact) mass is 459 g/mol. The highest BCUT2D eigenvalue weighted by Crippen LogP contribution is 2.23. The molecule has 0 bridgehead atoms. The molecule has 9 nitrogen and oxygen atoms in total. The van der Waals surface area contributed by atoms with E-state index in [1.165, 1.54) is 0 Å². The van der Waals surface area contributed by atoms with Gasteiger partial charge in [-0.1, -0.05) is 31.2 Å². The molecule has 1 amide bonds. The lowest BCUT2D eigenvalue weighted by Gasteiger charge is -2.20. The van der Waals surface area contributed by atoms with E-state index in [2.05, 4.69) is 20.4 Å². The van der Waals surface area contributed by atoms with E-state index in [9.17, 15) is 4.79 Å². The molecule has 3 aromatic heterocycles. The lowest BCUT2D eigenvalue weighted by Crippen LogP contribution is -2.25. The number of aromatic nitrogens is 6. The van der Waals surface area contributed by atoms with Crippen LogP contribution < -0.4 is 5.32 Å². The standard InChI is InChI=1S/C25H29N7O2/c1-4-20-22(31-14-16(2)12-27-25(31)28-20)24(33)26-13-17-5-7-19(8-6-17)23-29-21-11-18(15-34-3)9-10-32(21)30-23/h5-8,12,14,18H,4,9-11,13,15H2,1-3H3,(H,26,33). The summed E-state index contributed by atoms with van der Waals surface area (Å²) >= 11 is 0. The lowest BCUT2D eigenvalue weighted by molar-refractivity contribution is 0.0944. The first kappa shape index (κ1) is 22.2. The van der Waals surface area contributed by atoms with Crippen LogP contribution in [-0.4, -0.2) is 48.8 Å². The third-order valence-corrected chi connectivity index (χ3v) is 6.27. The number of hydrogen-bond acceptors (Lipinski definition) is 6. The van der Waals surface area contributed by atoms with Gasteiger partial charge in [0.2, 0.25) is 5.78 Å². The second-order valence-electron chi connectivity index (χ2n) is 8.83. The van der Waals surface area contributed by atoms with Crippen molar-refractivity contribution in [2.75, 3.05) is 13.7 Å². The molecule has 1 aliphatic heterocycles. The van der Waals surface area contributed by atoms with E-state index in [4.69, 9.17) is 9.72 Å². The zero-order valence-electron chi connectivity index (χ0n) is 19.8. The molecule has 0 aliphatic carbocycles. The normalized spacial score (nSPS) is 15.4. The van der Waals surface area contributed by atoms with Crippen LogP contribution in [0.3, 0.4) is 0 Å². The van der Waals surface area contributed by atoms with Gasteiger partial charge in [-0.05, 0) is 36.8 Å². The highest BCUT2D eigenvalue weighted by Gasteiger charge is 2.22. The maximum absolute atomic E-state index is 13.0. The molecule has 1 unspecified atom stereocenters. The average molecular weight is 460 g/mol. The summed E-state index contributed by atoms with van der Waals surface area (Å²) in [7, 11) is 1.74. The van der Waals surface area contributed by atoms with Gasteiger partial charge >= 0.3 is 0 Å². The van der Waals surface area contributed by atoms with Gasteiger partial charge in [0.25, 0.3) is 5.91 Å². The quantitative estimate of drug-likeness (QED) is 0.456. The first-order chi connectivity index (χ1) is 16.6. The molecule has 0 saturated heterocycles. The SMILES string of the molecule is CCc1nc2ncc(C)cn2c1C(=O)NCc1ccc(-c2nc3n(n2)CCC(COC)C3)cc1. The minimum absolute atomic E-state index is 0.158. The number of ether oxygens (including phenoxy) is 1. The Labute approximate surface area is 198 Å². The van der Waals surface area contributed by atoms with E-state index in [0.29, 0.717) is 30.4 Å². The van der Waals surface area contributed by atoms with E-state index in [1.807, 2.05) is 49.0 Å². The second kappa shape index (κ2) is 9.34. The van der Waals surface area contributed by atoms with E-state index >= 15 is 0 Å². The van der Waals surface area contributed by atoms with Crippen LogP contribution in [0.25, 0.3) is 17.2 Å². The van der Waals surface area contributed by atoms with Crippen molar-refractivity contribution < 1.29 is 9.53 Å². The molecule has 4 aromatic rings. The van der Waals surface area contributed by atoms with E-state index in [0.717, 1.165) is 60.0 Å². The zero-order valence-corrected chi connectivity index (χ0v) is 19.8. The summed E-state index contributed by atoms with van der Waals surface area (Å²) in [6, 6.07) is 8.03. The predicted octanol–water partition coefficient (Wildman–Crippen LogP) is 3.00. The molecule has 5 rings (SSSR count). The van der Waals surface area contributed by atoms with Crippen molar-refractivity contribution >= 4 is 11.7 Å². The molecule has 0 saturated carbocycles. The van der Waals surface area contributed by atoms with Crippen molar-refractivity contribution in [2.45, 2.75) is 46.2 Å². The average Bonchev–Trinajstić information content (AvgIpc) is 3.43. The number of rotatable bonds is 7. The smallest absolute Gasteiger partial charge is 0.270 e. The molecule has 1 aromatic carbocycles. The third-order valence-electron chi connectivity index (χ3n) is 6.27. The Balaban J connectivity index is 1.28. The van der Waals surface area contributed by atoms with Gasteiger partial charge in [-0.25, -0.2) is 19.6 Å². The molecule has 34 heavy (non-hydrogen) atoms. The Kier molecular flexibility index (Phi) is 6.10. The van der Waals surface area contributed by atoms with Gasteiger partial charge in [-0.3, -0.25) is 9.20 Å². The fourth-order valence-corrected chi connectivity index (χ4v) is 4.47. The van der Waals surface area contributed by atoms with Crippen LogP contribution >= 0.6 is 0 Å². The van der Waals surface area contributed by atoms with Crippen molar-refractivity contribution in [3.63, 3.8) is 0 Å². The number of nitrogens with one attached hydrogen (secondary N) is 1. The van der Waals surface area contributed by atoms with Crippen LogP contribution in [0.1, 0.15) is 46.5 Å². The molecular weight excluding hydrogens is 430 g/mol. The minimum atomic E-state index is -0.158. The summed E-state index contributed by atoms with van der Waals surface area (Å²) < 4.78 is 9.09. The summed E-state index contributed by atoms with van der Waals surface area (Å²) in [5, 5.41) is 7.72. The number of amides is 1. The molecule has 1 N–H and O–H groups in total. The van der Waals surface area contributed by atoms with Gasteiger partial charge in [-0.15, -0.1) is 0 Å². The fourth-order valence-electron chi connectivity index (χ4n) is 4.47. The van der Waals surface area contributed by atoms with E-state index in [1.54, 1.807) is 17.7 Å². The maximum Gasteiger partial charge on any atom is 0.270 e. The van der Waals surface area contributed by atoms with E-state index < -0.39 is 0 Å². The number of benzene rings is 1. The number of nitrogens with zero attached hydrogens (tertiary/aromatic N) is 6. The Morgan fingerprint density at radius 2 is 2.06 bits per heavy atom. The summed E-state index contributed by atoms with van der Waals surface area (Å²) in [6.45, 7) is 5.99. The van der Waals surface area contributed by atoms with Gasteiger partial charge < -0.3 is 10.1 Å². The summed E-state index contributed by atoms with van der Waals surface area (Å²) in [6.07, 6.45) is 6.27. The first-order valence-electron chi connectivity index (χ1n) is 11.7. The highest BCUT2D eigenvalue weighted by molar-refractivity contribution is 5.94. The molecule has 1 atom stereocenters. The first-order valence-corrected chi connectivity index (χ1v) is 11.7. The molecule has 0 fully saturated rings. The molecule has 176 valence electrons. The van der Waals surface area contributed by atoms with Crippen molar-refractivity contribution in [3.8, 4) is 11.4 Å². The van der Waals surface area contributed by atoms with Crippen molar-refractivity contribution in [1.29, 1.82) is 0 Å². The van der Waals surface area contributed by atoms with Crippen molar-refractivity contribution in [2.24, 2.45) is 5.92 Å². The minimum Gasteiger partial charge on any atom is -0.384 e. The number of hydrogen-bond donors (Lipinski definition) is 1. The number of imidazole rings is 1. The number of carbonyl (C=O) groups is 1. The van der Waals surface area contributed by atoms with Gasteiger partial charge in [0.1, 0.15) is 11.5 Å². The summed E-state index contributed by atoms with van der Waals surface area (Å²) in [5.74, 6) is 2.64. The Morgan fingerprint density at radius 3 is 2.82 bits per heavy atom. The Bertz CT molecular complexity index is 1320. The largest absolute Gasteiger partial charge is 0.384 e. The molecule has 0 radical (unpaired) electrons. The number of aryl methyl sites for hydroxylation is 3. The Hall–Kier alpha value is -3.59. The third kappa shape index (κ3) is 4.31. The number of fused-ring (bicyclic) bond motifs is 2. The van der Waals surface area contributed by atoms with Crippen molar-refractivity contribution in [1.82, 2.24) is 34.4 Å². The fraction of sp³-hybridized carbons (Fsp3) is 0.400. The predicted molar refractivity (Wildman–Crippen MR) is 127 cm³/mol. The molecule has 9 heteroatoms. The van der Waals surface area contributed by atoms with Crippen LogP contribution in [0, 0.1) is 12.8 Å². The van der Waals surface area contributed by atoms with Crippen LogP contribution in [0.2, 0.25) is 0 Å².